The molecule has 4 nitrogen and oxygen atoms in total. The molecule has 0 aromatic rings. The van der Waals surface area contributed by atoms with Gasteiger partial charge in [0, 0.05) is 13.0 Å². The quantitative estimate of drug-likeness (QED) is 0.586. The minimum atomic E-state index is -0.362. The maximum Gasteiger partial charge on any atom is 0.236 e. The van der Waals surface area contributed by atoms with Crippen LogP contribution in [0.4, 0.5) is 0 Å². The van der Waals surface area contributed by atoms with Crippen molar-refractivity contribution in [3.63, 3.8) is 0 Å². The average molecular weight is 225 g/mol. The Bertz CT molecular complexity index is 223. The fourth-order valence-electron chi connectivity index (χ4n) is 1.40. The molecule has 0 aliphatic heterocycles. The molecule has 0 rings (SSSR count). The van der Waals surface area contributed by atoms with Gasteiger partial charge in [0.1, 0.15) is 0 Å². The van der Waals surface area contributed by atoms with Gasteiger partial charge in [-0.3, -0.25) is 4.79 Å². The van der Waals surface area contributed by atoms with E-state index in [1.54, 1.807) is 0 Å². The summed E-state index contributed by atoms with van der Waals surface area (Å²) in [5.41, 5.74) is 5.71. The lowest BCUT2D eigenvalue weighted by molar-refractivity contribution is -0.122. The van der Waals surface area contributed by atoms with Crippen molar-refractivity contribution in [3.05, 3.63) is 0 Å². The third-order valence-corrected chi connectivity index (χ3v) is 2.47. The van der Waals surface area contributed by atoms with E-state index >= 15 is 0 Å². The Balaban J connectivity index is 3.39. The summed E-state index contributed by atoms with van der Waals surface area (Å²) in [5.74, 6) is -0.0475. The molecule has 0 aromatic heterocycles. The predicted molar refractivity (Wildman–Crippen MR) is 64.6 cm³/mol. The second-order valence-corrected chi connectivity index (χ2v) is 4.01. The molecule has 0 radical (unpaired) electrons. The zero-order chi connectivity index (χ0) is 12.2. The minimum absolute atomic E-state index is 0.0475. The van der Waals surface area contributed by atoms with E-state index in [4.69, 9.17) is 11.0 Å². The van der Waals surface area contributed by atoms with Gasteiger partial charge in [-0.05, 0) is 19.3 Å². The largest absolute Gasteiger partial charge is 0.355 e. The summed E-state index contributed by atoms with van der Waals surface area (Å²) in [6.07, 6.45) is 6.24. The van der Waals surface area contributed by atoms with Gasteiger partial charge in [0.2, 0.25) is 5.91 Å². The monoisotopic (exact) mass is 225 g/mol. The summed E-state index contributed by atoms with van der Waals surface area (Å²) < 4.78 is 0. The Morgan fingerprint density at radius 3 is 2.75 bits per heavy atom. The smallest absolute Gasteiger partial charge is 0.236 e. The highest BCUT2D eigenvalue weighted by Crippen LogP contribution is 1.99. The second-order valence-electron chi connectivity index (χ2n) is 4.01. The van der Waals surface area contributed by atoms with Crippen LogP contribution in [0.1, 0.15) is 51.9 Å². The van der Waals surface area contributed by atoms with E-state index in [0.717, 1.165) is 38.5 Å². The molecule has 92 valence electrons. The zero-order valence-corrected chi connectivity index (χ0v) is 10.2. The topological polar surface area (TPSA) is 78.9 Å². The predicted octanol–water partition coefficient (Wildman–Crippen LogP) is 1.70. The molecule has 1 unspecified atom stereocenters. The van der Waals surface area contributed by atoms with Crippen LogP contribution in [0, 0.1) is 11.3 Å². The normalized spacial score (nSPS) is 11.8. The van der Waals surface area contributed by atoms with E-state index in [0.29, 0.717) is 13.0 Å². The molecular weight excluding hydrogens is 202 g/mol. The Labute approximate surface area is 98.2 Å². The van der Waals surface area contributed by atoms with Gasteiger partial charge in [-0.2, -0.15) is 5.26 Å². The van der Waals surface area contributed by atoms with Crippen molar-refractivity contribution in [2.75, 3.05) is 6.54 Å². The number of carbonyl (C=O) groups is 1. The molecule has 0 spiro atoms. The standard InChI is InChI=1S/C12H23N3O/c1-2-3-8-11(14)12(16)15-10-7-5-4-6-9-13/h11H,2-8,10,14H2,1H3,(H,15,16). The maximum atomic E-state index is 11.4. The van der Waals surface area contributed by atoms with Crippen LogP contribution in [-0.2, 0) is 4.79 Å². The lowest BCUT2D eigenvalue weighted by Gasteiger charge is -2.11. The van der Waals surface area contributed by atoms with Gasteiger partial charge in [0.15, 0.2) is 0 Å². The molecule has 0 aromatic carbocycles. The number of hydrogen-bond donors (Lipinski definition) is 2. The number of carbonyl (C=O) groups excluding carboxylic acids is 1. The summed E-state index contributed by atoms with van der Waals surface area (Å²) >= 11 is 0. The number of amides is 1. The first kappa shape index (κ1) is 14.9. The van der Waals surface area contributed by atoms with Crippen molar-refractivity contribution < 1.29 is 4.79 Å². The highest BCUT2D eigenvalue weighted by Gasteiger charge is 2.11. The highest BCUT2D eigenvalue weighted by molar-refractivity contribution is 5.81. The number of rotatable bonds is 9. The molecule has 1 atom stereocenters. The zero-order valence-electron chi connectivity index (χ0n) is 10.2. The number of nitrogens with zero attached hydrogens (tertiary/aromatic N) is 1. The number of nitriles is 1. The third-order valence-electron chi connectivity index (χ3n) is 2.47. The fourth-order valence-corrected chi connectivity index (χ4v) is 1.40. The Kier molecular flexibility index (Phi) is 9.73. The summed E-state index contributed by atoms with van der Waals surface area (Å²) in [6, 6.07) is 1.74. The molecule has 0 fully saturated rings. The molecule has 0 aliphatic carbocycles. The molecule has 0 saturated carbocycles. The van der Waals surface area contributed by atoms with Crippen LogP contribution in [-0.4, -0.2) is 18.5 Å². The number of unbranched alkanes of at least 4 members (excludes halogenated alkanes) is 4. The molecule has 4 heteroatoms. The van der Waals surface area contributed by atoms with E-state index in [2.05, 4.69) is 18.3 Å². The first-order valence-corrected chi connectivity index (χ1v) is 6.12. The van der Waals surface area contributed by atoms with Gasteiger partial charge in [-0.1, -0.05) is 26.2 Å². The van der Waals surface area contributed by atoms with Crippen molar-refractivity contribution >= 4 is 5.91 Å². The molecule has 3 N–H and O–H groups in total. The molecule has 0 bridgehead atoms. The van der Waals surface area contributed by atoms with E-state index in [-0.39, 0.29) is 11.9 Å². The average Bonchev–Trinajstić information content (AvgIpc) is 2.30. The van der Waals surface area contributed by atoms with Crippen LogP contribution in [0.2, 0.25) is 0 Å². The van der Waals surface area contributed by atoms with Crippen LogP contribution in [0.3, 0.4) is 0 Å². The van der Waals surface area contributed by atoms with Crippen LogP contribution in [0.5, 0.6) is 0 Å². The summed E-state index contributed by atoms with van der Waals surface area (Å²) in [4.78, 5) is 11.4. The van der Waals surface area contributed by atoms with Gasteiger partial charge >= 0.3 is 0 Å². The summed E-state index contributed by atoms with van der Waals surface area (Å²) in [7, 11) is 0. The third kappa shape index (κ3) is 8.25. The number of nitrogens with one attached hydrogen (secondary N) is 1. The molecule has 1 amide bonds. The highest BCUT2D eigenvalue weighted by atomic mass is 16.2. The number of hydrogen-bond acceptors (Lipinski definition) is 3. The summed E-state index contributed by atoms with van der Waals surface area (Å²) in [6.45, 7) is 2.75. The van der Waals surface area contributed by atoms with E-state index in [1.165, 1.54) is 0 Å². The second kappa shape index (κ2) is 10.4. The van der Waals surface area contributed by atoms with E-state index in [9.17, 15) is 4.79 Å². The van der Waals surface area contributed by atoms with Gasteiger partial charge in [0.05, 0.1) is 12.1 Å². The molecule has 16 heavy (non-hydrogen) atoms. The van der Waals surface area contributed by atoms with Gasteiger partial charge in [-0.25, -0.2) is 0 Å². The van der Waals surface area contributed by atoms with Crippen molar-refractivity contribution in [1.82, 2.24) is 5.32 Å². The molecular formula is C12H23N3O. The van der Waals surface area contributed by atoms with Crippen LogP contribution < -0.4 is 11.1 Å². The van der Waals surface area contributed by atoms with Crippen molar-refractivity contribution in [1.29, 1.82) is 5.26 Å². The van der Waals surface area contributed by atoms with Crippen LogP contribution in [0.25, 0.3) is 0 Å². The fraction of sp³-hybridized carbons (Fsp3) is 0.833. The van der Waals surface area contributed by atoms with E-state index < -0.39 is 0 Å². The lowest BCUT2D eigenvalue weighted by Crippen LogP contribution is -2.40. The Hall–Kier alpha value is -1.08. The SMILES string of the molecule is CCCCC(N)C(=O)NCCCCCC#N. The van der Waals surface area contributed by atoms with E-state index in [1.807, 2.05) is 0 Å². The molecule has 0 saturated heterocycles. The van der Waals surface area contributed by atoms with Gasteiger partial charge in [0.25, 0.3) is 0 Å². The van der Waals surface area contributed by atoms with Gasteiger partial charge < -0.3 is 11.1 Å². The first-order chi connectivity index (χ1) is 7.72. The van der Waals surface area contributed by atoms with Crippen molar-refractivity contribution in [3.8, 4) is 6.07 Å². The van der Waals surface area contributed by atoms with Crippen LogP contribution >= 0.6 is 0 Å². The Morgan fingerprint density at radius 1 is 1.38 bits per heavy atom. The Morgan fingerprint density at radius 2 is 2.12 bits per heavy atom. The minimum Gasteiger partial charge on any atom is -0.355 e. The van der Waals surface area contributed by atoms with Crippen molar-refractivity contribution in [2.45, 2.75) is 57.9 Å². The van der Waals surface area contributed by atoms with Crippen LogP contribution in [0.15, 0.2) is 0 Å². The molecule has 0 heterocycles. The maximum absolute atomic E-state index is 11.4. The first-order valence-electron chi connectivity index (χ1n) is 6.12. The number of nitrogens with two attached hydrogens (primary N) is 1. The summed E-state index contributed by atoms with van der Waals surface area (Å²) in [5, 5.41) is 11.2. The lowest BCUT2D eigenvalue weighted by atomic mass is 10.1. The van der Waals surface area contributed by atoms with Gasteiger partial charge in [-0.15, -0.1) is 0 Å². The molecule has 0 aliphatic rings. The van der Waals surface area contributed by atoms with Crippen molar-refractivity contribution in [2.24, 2.45) is 5.73 Å².